The molecule has 0 atom stereocenters. The number of benzene rings is 1. The van der Waals surface area contributed by atoms with Gasteiger partial charge < -0.3 is 4.74 Å². The van der Waals surface area contributed by atoms with Gasteiger partial charge in [-0.05, 0) is 48.1 Å². The molecule has 0 N–H and O–H groups in total. The van der Waals surface area contributed by atoms with E-state index in [4.69, 9.17) is 4.74 Å². The molecule has 0 aliphatic heterocycles. The summed E-state index contributed by atoms with van der Waals surface area (Å²) in [6, 6.07) is 4.35. The van der Waals surface area contributed by atoms with E-state index in [1.165, 1.54) is 42.4 Å². The second kappa shape index (κ2) is 10.8. The molecule has 0 fully saturated rings. The molecule has 2 aromatic rings. The fourth-order valence-corrected chi connectivity index (χ4v) is 3.09. The SMILES string of the molecule is CCCCCCCOc1cc(CC)c(C=Nc2cnn(C)c2)c(CC)c1. The van der Waals surface area contributed by atoms with Crippen molar-refractivity contribution in [2.75, 3.05) is 6.61 Å². The van der Waals surface area contributed by atoms with E-state index in [1.807, 2.05) is 19.5 Å². The molecule has 1 aromatic heterocycles. The smallest absolute Gasteiger partial charge is 0.119 e. The molecule has 26 heavy (non-hydrogen) atoms. The van der Waals surface area contributed by atoms with Crippen molar-refractivity contribution in [2.45, 2.75) is 65.7 Å². The van der Waals surface area contributed by atoms with Gasteiger partial charge in [0.25, 0.3) is 0 Å². The van der Waals surface area contributed by atoms with Gasteiger partial charge in [0.05, 0.1) is 19.0 Å². The zero-order chi connectivity index (χ0) is 18.8. The summed E-state index contributed by atoms with van der Waals surface area (Å²) in [5.74, 6) is 0.993. The molecule has 0 amide bonds. The van der Waals surface area contributed by atoms with Gasteiger partial charge in [0.1, 0.15) is 11.4 Å². The minimum absolute atomic E-state index is 0.805. The summed E-state index contributed by atoms with van der Waals surface area (Å²) in [7, 11) is 1.91. The molecular weight excluding hydrogens is 322 g/mol. The van der Waals surface area contributed by atoms with Crippen molar-refractivity contribution < 1.29 is 4.74 Å². The number of aryl methyl sites for hydroxylation is 3. The van der Waals surface area contributed by atoms with E-state index < -0.39 is 0 Å². The Hall–Kier alpha value is -2.10. The largest absolute Gasteiger partial charge is 0.494 e. The lowest BCUT2D eigenvalue weighted by Gasteiger charge is -2.14. The Kier molecular flexibility index (Phi) is 8.39. The van der Waals surface area contributed by atoms with Crippen molar-refractivity contribution in [1.82, 2.24) is 9.78 Å². The molecule has 142 valence electrons. The van der Waals surface area contributed by atoms with E-state index in [2.05, 4.69) is 43.0 Å². The number of unbranched alkanes of at least 4 members (excludes halogenated alkanes) is 4. The summed E-state index contributed by atoms with van der Waals surface area (Å²) in [6.07, 6.45) is 13.9. The molecule has 0 spiro atoms. The zero-order valence-corrected chi connectivity index (χ0v) is 16.8. The van der Waals surface area contributed by atoms with Crippen LogP contribution in [0.2, 0.25) is 0 Å². The topological polar surface area (TPSA) is 39.4 Å². The Morgan fingerprint density at radius 3 is 2.31 bits per heavy atom. The zero-order valence-electron chi connectivity index (χ0n) is 16.8. The first kappa shape index (κ1) is 20.2. The maximum absolute atomic E-state index is 6.03. The van der Waals surface area contributed by atoms with Crippen LogP contribution in [0.5, 0.6) is 5.75 Å². The summed E-state index contributed by atoms with van der Waals surface area (Å²) in [5, 5.41) is 4.17. The Bertz CT molecular complexity index is 678. The first-order valence-corrected chi connectivity index (χ1v) is 9.99. The predicted octanol–water partition coefficient (Wildman–Crippen LogP) is 5.64. The van der Waals surface area contributed by atoms with Crippen molar-refractivity contribution in [1.29, 1.82) is 0 Å². The summed E-state index contributed by atoms with van der Waals surface area (Å²) < 4.78 is 7.80. The van der Waals surface area contributed by atoms with E-state index >= 15 is 0 Å². The monoisotopic (exact) mass is 355 g/mol. The minimum Gasteiger partial charge on any atom is -0.494 e. The first-order chi connectivity index (χ1) is 12.7. The van der Waals surface area contributed by atoms with Crippen LogP contribution < -0.4 is 4.74 Å². The van der Waals surface area contributed by atoms with Crippen molar-refractivity contribution in [3.05, 3.63) is 41.2 Å². The van der Waals surface area contributed by atoms with Gasteiger partial charge >= 0.3 is 0 Å². The molecule has 4 heteroatoms. The Labute approximate surface area is 158 Å². The van der Waals surface area contributed by atoms with Gasteiger partial charge in [-0.3, -0.25) is 9.67 Å². The number of hydrogen-bond donors (Lipinski definition) is 0. The van der Waals surface area contributed by atoms with Crippen LogP contribution in [0.4, 0.5) is 5.69 Å². The molecule has 0 unspecified atom stereocenters. The van der Waals surface area contributed by atoms with Gasteiger partial charge in [-0.2, -0.15) is 5.10 Å². The number of aromatic nitrogens is 2. The Morgan fingerprint density at radius 1 is 1.04 bits per heavy atom. The van der Waals surface area contributed by atoms with Crippen molar-refractivity contribution in [3.8, 4) is 5.75 Å². The molecule has 4 nitrogen and oxygen atoms in total. The number of rotatable bonds is 11. The summed E-state index contributed by atoms with van der Waals surface area (Å²) in [6.45, 7) is 7.42. The number of hydrogen-bond acceptors (Lipinski definition) is 3. The van der Waals surface area contributed by atoms with Gasteiger partial charge in [-0.1, -0.05) is 46.5 Å². The maximum atomic E-state index is 6.03. The quantitative estimate of drug-likeness (QED) is 0.386. The fraction of sp³-hybridized carbons (Fsp3) is 0.545. The van der Waals surface area contributed by atoms with Gasteiger partial charge in [0.2, 0.25) is 0 Å². The maximum Gasteiger partial charge on any atom is 0.119 e. The second-order valence-corrected chi connectivity index (χ2v) is 6.76. The first-order valence-electron chi connectivity index (χ1n) is 9.99. The third-order valence-electron chi connectivity index (χ3n) is 4.64. The van der Waals surface area contributed by atoms with Crippen molar-refractivity contribution in [2.24, 2.45) is 12.0 Å². The van der Waals surface area contributed by atoms with Crippen LogP contribution >= 0.6 is 0 Å². The fourth-order valence-electron chi connectivity index (χ4n) is 3.09. The highest BCUT2D eigenvalue weighted by atomic mass is 16.5. The number of nitrogens with zero attached hydrogens (tertiary/aromatic N) is 3. The number of aliphatic imine (C=N–C) groups is 1. The van der Waals surface area contributed by atoms with Gasteiger partial charge in [0.15, 0.2) is 0 Å². The van der Waals surface area contributed by atoms with Crippen molar-refractivity contribution >= 4 is 11.9 Å². The molecule has 1 aromatic carbocycles. The molecule has 0 saturated carbocycles. The predicted molar refractivity (Wildman–Crippen MR) is 110 cm³/mol. The van der Waals surface area contributed by atoms with Crippen LogP contribution in [-0.2, 0) is 19.9 Å². The molecule has 2 rings (SSSR count). The Balaban J connectivity index is 2.07. The minimum atomic E-state index is 0.805. The van der Waals surface area contributed by atoms with Crippen LogP contribution in [0.25, 0.3) is 0 Å². The third-order valence-corrected chi connectivity index (χ3v) is 4.64. The molecule has 0 aliphatic rings. The second-order valence-electron chi connectivity index (χ2n) is 6.76. The van der Waals surface area contributed by atoms with E-state index in [0.717, 1.165) is 37.3 Å². The molecule has 0 saturated heterocycles. The van der Waals surface area contributed by atoms with Gasteiger partial charge in [-0.15, -0.1) is 0 Å². The van der Waals surface area contributed by atoms with E-state index in [9.17, 15) is 0 Å². The average molecular weight is 356 g/mol. The van der Waals surface area contributed by atoms with E-state index in [-0.39, 0.29) is 0 Å². The lowest BCUT2D eigenvalue weighted by molar-refractivity contribution is 0.304. The highest BCUT2D eigenvalue weighted by Crippen LogP contribution is 2.24. The van der Waals surface area contributed by atoms with E-state index in [0.29, 0.717) is 0 Å². The highest BCUT2D eigenvalue weighted by Gasteiger charge is 2.09. The molecule has 0 bridgehead atoms. The number of ether oxygens (including phenoxy) is 1. The normalized spacial score (nSPS) is 11.4. The van der Waals surface area contributed by atoms with Crippen LogP contribution in [0.3, 0.4) is 0 Å². The standard InChI is InChI=1S/C22H33N3O/c1-5-8-9-10-11-12-26-21-13-18(6-2)22(19(7-3)14-21)16-23-20-15-24-25(4)17-20/h13-17H,5-12H2,1-4H3. The van der Waals surface area contributed by atoms with Crippen LogP contribution in [0.15, 0.2) is 29.5 Å². The summed E-state index contributed by atoms with van der Waals surface area (Å²) in [5.41, 5.74) is 4.68. The van der Waals surface area contributed by atoms with Gasteiger partial charge in [-0.25, -0.2) is 0 Å². The van der Waals surface area contributed by atoms with Crippen LogP contribution in [-0.4, -0.2) is 22.6 Å². The lowest BCUT2D eigenvalue weighted by atomic mass is 9.97. The highest BCUT2D eigenvalue weighted by molar-refractivity contribution is 5.86. The Morgan fingerprint density at radius 2 is 1.73 bits per heavy atom. The molecule has 0 radical (unpaired) electrons. The molecule has 0 aliphatic carbocycles. The summed E-state index contributed by atoms with van der Waals surface area (Å²) >= 11 is 0. The lowest BCUT2D eigenvalue weighted by Crippen LogP contribution is -2.03. The van der Waals surface area contributed by atoms with Crippen LogP contribution in [0.1, 0.15) is 69.6 Å². The molecule has 1 heterocycles. The summed E-state index contributed by atoms with van der Waals surface area (Å²) in [4.78, 5) is 4.60. The van der Waals surface area contributed by atoms with E-state index in [1.54, 1.807) is 10.9 Å². The van der Waals surface area contributed by atoms with Crippen LogP contribution in [0, 0.1) is 0 Å². The molecular formula is C22H33N3O. The van der Waals surface area contributed by atoms with Gasteiger partial charge in [0, 0.05) is 13.3 Å². The van der Waals surface area contributed by atoms with Crippen molar-refractivity contribution in [3.63, 3.8) is 0 Å². The average Bonchev–Trinajstić information content (AvgIpc) is 3.07. The third kappa shape index (κ3) is 6.01.